The van der Waals surface area contributed by atoms with Crippen LogP contribution < -0.4 is 5.32 Å². The minimum absolute atomic E-state index is 0.253. The summed E-state index contributed by atoms with van der Waals surface area (Å²) in [5.41, 5.74) is 3.60. The van der Waals surface area contributed by atoms with Crippen LogP contribution in [0.4, 0.5) is 5.13 Å². The smallest absolute Gasteiger partial charge is 0.203 e. The molecule has 1 atom stereocenters. The molecular formula is C14H21N5S. The normalized spacial score (nSPS) is 16.4. The summed E-state index contributed by atoms with van der Waals surface area (Å²) in [6, 6.07) is 0.253. The summed E-state index contributed by atoms with van der Waals surface area (Å²) in [6.07, 6.45) is 3.49. The third-order valence-corrected chi connectivity index (χ3v) is 4.66. The molecule has 2 aromatic rings. The fourth-order valence-electron chi connectivity index (χ4n) is 2.62. The zero-order valence-electron chi connectivity index (χ0n) is 12.5. The first-order chi connectivity index (χ1) is 9.60. The van der Waals surface area contributed by atoms with Crippen LogP contribution in [0.3, 0.4) is 0 Å². The van der Waals surface area contributed by atoms with Gasteiger partial charge < -0.3 is 5.32 Å². The van der Waals surface area contributed by atoms with E-state index in [1.54, 1.807) is 0 Å². The second kappa shape index (κ2) is 5.16. The monoisotopic (exact) mass is 291 g/mol. The summed E-state index contributed by atoms with van der Waals surface area (Å²) in [6.45, 7) is 6.38. The van der Waals surface area contributed by atoms with Crippen LogP contribution in [0.2, 0.25) is 0 Å². The highest BCUT2D eigenvalue weighted by atomic mass is 32.1. The first-order valence-corrected chi connectivity index (χ1v) is 7.97. The number of nitrogens with one attached hydrogen (secondary N) is 1. The van der Waals surface area contributed by atoms with E-state index >= 15 is 0 Å². The van der Waals surface area contributed by atoms with Gasteiger partial charge in [0.1, 0.15) is 5.82 Å². The Bertz CT molecular complexity index is 611. The molecule has 1 fully saturated rings. The Hall–Kier alpha value is -1.43. The molecule has 0 aromatic carbocycles. The predicted molar refractivity (Wildman–Crippen MR) is 81.2 cm³/mol. The average Bonchev–Trinajstić information content (AvgIpc) is 3.11. The van der Waals surface area contributed by atoms with E-state index in [1.807, 2.05) is 11.7 Å². The maximum atomic E-state index is 4.62. The van der Waals surface area contributed by atoms with Crippen LogP contribution in [0.25, 0.3) is 0 Å². The van der Waals surface area contributed by atoms with Crippen molar-refractivity contribution >= 4 is 16.7 Å². The second-order valence-electron chi connectivity index (χ2n) is 5.55. The number of anilines is 1. The van der Waals surface area contributed by atoms with E-state index in [0.29, 0.717) is 5.92 Å². The standard InChI is InChI=1S/C14H21N5S/c1-5-11(12-8(2)17-19(4)9(12)3)15-14-16-13(18-20-14)10-6-7-10/h10-11H,5-7H2,1-4H3,(H,15,16,18). The van der Waals surface area contributed by atoms with Crippen LogP contribution in [0, 0.1) is 13.8 Å². The van der Waals surface area contributed by atoms with Crippen LogP contribution >= 0.6 is 11.5 Å². The van der Waals surface area contributed by atoms with E-state index in [9.17, 15) is 0 Å². The third-order valence-electron chi connectivity index (χ3n) is 4.00. The van der Waals surface area contributed by atoms with Gasteiger partial charge in [-0.3, -0.25) is 4.68 Å². The van der Waals surface area contributed by atoms with Crippen molar-refractivity contribution in [2.75, 3.05) is 5.32 Å². The van der Waals surface area contributed by atoms with Gasteiger partial charge in [0.25, 0.3) is 0 Å². The fraction of sp³-hybridized carbons (Fsp3) is 0.643. The summed E-state index contributed by atoms with van der Waals surface area (Å²) < 4.78 is 6.41. The van der Waals surface area contributed by atoms with Gasteiger partial charge in [-0.25, -0.2) is 4.98 Å². The molecule has 1 aliphatic carbocycles. The Labute approximate surface area is 123 Å². The second-order valence-corrected chi connectivity index (χ2v) is 6.30. The lowest BCUT2D eigenvalue weighted by Crippen LogP contribution is -2.11. The van der Waals surface area contributed by atoms with Gasteiger partial charge in [0.2, 0.25) is 5.13 Å². The largest absolute Gasteiger partial charge is 0.353 e. The molecule has 0 bridgehead atoms. The summed E-state index contributed by atoms with van der Waals surface area (Å²) >= 11 is 1.48. The van der Waals surface area contributed by atoms with E-state index in [0.717, 1.165) is 23.1 Å². The van der Waals surface area contributed by atoms with E-state index < -0.39 is 0 Å². The number of nitrogens with zero attached hydrogens (tertiary/aromatic N) is 4. The minimum atomic E-state index is 0.253. The molecule has 3 rings (SSSR count). The number of hydrogen-bond donors (Lipinski definition) is 1. The Morgan fingerprint density at radius 1 is 1.40 bits per heavy atom. The molecule has 0 aliphatic heterocycles. The van der Waals surface area contributed by atoms with Crippen molar-refractivity contribution in [3.63, 3.8) is 0 Å². The van der Waals surface area contributed by atoms with Crippen molar-refractivity contribution in [3.05, 3.63) is 22.8 Å². The molecule has 0 radical (unpaired) electrons. The lowest BCUT2D eigenvalue weighted by Gasteiger charge is -2.16. The van der Waals surface area contributed by atoms with Crippen molar-refractivity contribution in [1.82, 2.24) is 19.1 Å². The predicted octanol–water partition coefficient (Wildman–Crippen LogP) is 3.33. The van der Waals surface area contributed by atoms with Gasteiger partial charge in [0.15, 0.2) is 0 Å². The SMILES string of the molecule is CCC(Nc1nc(C2CC2)ns1)c1c(C)nn(C)c1C. The van der Waals surface area contributed by atoms with E-state index in [1.165, 1.54) is 35.6 Å². The van der Waals surface area contributed by atoms with Gasteiger partial charge in [0.05, 0.1) is 11.7 Å². The molecule has 0 amide bonds. The zero-order valence-corrected chi connectivity index (χ0v) is 13.3. The highest BCUT2D eigenvalue weighted by Crippen LogP contribution is 2.39. The van der Waals surface area contributed by atoms with E-state index in [-0.39, 0.29) is 6.04 Å². The lowest BCUT2D eigenvalue weighted by atomic mass is 10.0. The summed E-state index contributed by atoms with van der Waals surface area (Å²) in [4.78, 5) is 4.62. The van der Waals surface area contributed by atoms with Crippen LogP contribution in [-0.4, -0.2) is 19.1 Å². The molecule has 2 heterocycles. The molecule has 1 unspecified atom stereocenters. The minimum Gasteiger partial charge on any atom is -0.353 e. The van der Waals surface area contributed by atoms with E-state index in [4.69, 9.17) is 0 Å². The van der Waals surface area contributed by atoms with Crippen molar-refractivity contribution < 1.29 is 0 Å². The molecular weight excluding hydrogens is 270 g/mol. The molecule has 2 aromatic heterocycles. The Kier molecular flexibility index (Phi) is 3.50. The van der Waals surface area contributed by atoms with Crippen molar-refractivity contribution in [1.29, 1.82) is 0 Å². The summed E-state index contributed by atoms with van der Waals surface area (Å²) in [7, 11) is 1.99. The van der Waals surface area contributed by atoms with Crippen molar-refractivity contribution in [2.45, 2.75) is 52.0 Å². The van der Waals surface area contributed by atoms with Crippen LogP contribution in [0.1, 0.15) is 60.9 Å². The average molecular weight is 291 g/mol. The number of aromatic nitrogens is 4. The Balaban J connectivity index is 1.81. The third kappa shape index (κ3) is 2.44. The lowest BCUT2D eigenvalue weighted by molar-refractivity contribution is 0.715. The first kappa shape index (κ1) is 13.5. The van der Waals surface area contributed by atoms with Gasteiger partial charge in [-0.1, -0.05) is 6.92 Å². The number of hydrogen-bond acceptors (Lipinski definition) is 5. The first-order valence-electron chi connectivity index (χ1n) is 7.20. The highest BCUT2D eigenvalue weighted by molar-refractivity contribution is 7.09. The van der Waals surface area contributed by atoms with Gasteiger partial charge in [0, 0.05) is 35.8 Å². The van der Waals surface area contributed by atoms with Crippen LogP contribution in [0.5, 0.6) is 0 Å². The van der Waals surface area contributed by atoms with Gasteiger partial charge in [-0.05, 0) is 33.1 Å². The van der Waals surface area contributed by atoms with Crippen LogP contribution in [-0.2, 0) is 7.05 Å². The number of rotatable bonds is 5. The number of aryl methyl sites for hydroxylation is 2. The Morgan fingerprint density at radius 2 is 2.15 bits per heavy atom. The molecule has 1 N–H and O–H groups in total. The Morgan fingerprint density at radius 3 is 2.70 bits per heavy atom. The molecule has 1 saturated carbocycles. The van der Waals surface area contributed by atoms with Crippen molar-refractivity contribution in [2.24, 2.45) is 7.05 Å². The van der Waals surface area contributed by atoms with Gasteiger partial charge in [-0.2, -0.15) is 9.47 Å². The molecule has 1 aliphatic rings. The van der Waals surface area contributed by atoms with Gasteiger partial charge >= 0.3 is 0 Å². The molecule has 5 nitrogen and oxygen atoms in total. The molecule has 108 valence electrons. The molecule has 0 spiro atoms. The molecule has 6 heteroatoms. The van der Waals surface area contributed by atoms with Gasteiger partial charge in [-0.15, -0.1) is 0 Å². The summed E-state index contributed by atoms with van der Waals surface area (Å²) in [5.74, 6) is 1.63. The van der Waals surface area contributed by atoms with E-state index in [2.05, 4.69) is 40.5 Å². The van der Waals surface area contributed by atoms with Crippen LogP contribution in [0.15, 0.2) is 0 Å². The maximum Gasteiger partial charge on any atom is 0.203 e. The van der Waals surface area contributed by atoms with Crippen molar-refractivity contribution in [3.8, 4) is 0 Å². The zero-order chi connectivity index (χ0) is 14.3. The quantitative estimate of drug-likeness (QED) is 0.918. The summed E-state index contributed by atoms with van der Waals surface area (Å²) in [5, 5.41) is 8.97. The fourth-order valence-corrected chi connectivity index (χ4v) is 3.32. The topological polar surface area (TPSA) is 55.6 Å². The molecule has 20 heavy (non-hydrogen) atoms. The highest BCUT2D eigenvalue weighted by Gasteiger charge is 2.28. The maximum absolute atomic E-state index is 4.62. The molecule has 0 saturated heterocycles.